The number of hydrogen-bond donors (Lipinski definition) is 1. The standard InChI is InChI=1S/C30H42O7/c1-14-11-21(36-27(34)15(14)2)16(3)26-22(35-17(4)31)13-20-18-12-25-30(37-25)24(33)8-7-23(32)29(30,6)19(18)9-10-28(20,26)5/h7-8,14-16,18-22,24-26,33H,9-13H2,1-6H3/t14-,15+,16+,18+,19-,20-,21+,22+,24-,25+,26-,28-,29-,30+/m0/s1. The van der Waals surface area contributed by atoms with E-state index in [9.17, 15) is 19.5 Å². The molecule has 0 aromatic rings. The van der Waals surface area contributed by atoms with E-state index in [1.54, 1.807) is 12.2 Å². The van der Waals surface area contributed by atoms with Gasteiger partial charge in [-0.25, -0.2) is 0 Å². The maximum absolute atomic E-state index is 13.4. The number of aliphatic hydroxyl groups is 1. The van der Waals surface area contributed by atoms with Crippen LogP contribution >= 0.6 is 0 Å². The molecule has 4 aliphatic carbocycles. The Labute approximate surface area is 219 Å². The maximum atomic E-state index is 13.4. The third-order valence-corrected chi connectivity index (χ3v) is 12.3. The van der Waals surface area contributed by atoms with E-state index in [2.05, 4.69) is 20.8 Å². The number of epoxide rings is 1. The van der Waals surface area contributed by atoms with E-state index in [1.165, 1.54) is 6.92 Å². The fraction of sp³-hybridized carbons (Fsp3) is 0.833. The van der Waals surface area contributed by atoms with Crippen molar-refractivity contribution < 1.29 is 33.7 Å². The van der Waals surface area contributed by atoms with E-state index < -0.39 is 17.1 Å². The summed E-state index contributed by atoms with van der Waals surface area (Å²) in [6.45, 7) is 12.1. The highest BCUT2D eigenvalue weighted by Gasteiger charge is 2.80. The van der Waals surface area contributed by atoms with Gasteiger partial charge in [0.2, 0.25) is 0 Å². The summed E-state index contributed by atoms with van der Waals surface area (Å²) in [5.74, 6) is 0.522. The molecule has 37 heavy (non-hydrogen) atoms. The minimum atomic E-state index is -0.794. The minimum absolute atomic E-state index is 0.0475. The molecule has 14 atom stereocenters. The van der Waals surface area contributed by atoms with Crippen LogP contribution in [0.4, 0.5) is 0 Å². The number of hydrogen-bond acceptors (Lipinski definition) is 7. The van der Waals surface area contributed by atoms with Crippen molar-refractivity contribution in [1.82, 2.24) is 0 Å². The first-order valence-electron chi connectivity index (χ1n) is 14.3. The van der Waals surface area contributed by atoms with Crippen LogP contribution in [0.15, 0.2) is 12.2 Å². The van der Waals surface area contributed by atoms with Crippen molar-refractivity contribution in [3.05, 3.63) is 12.2 Å². The lowest BCUT2D eigenvalue weighted by Gasteiger charge is -2.58. The molecule has 2 heterocycles. The van der Waals surface area contributed by atoms with Crippen molar-refractivity contribution in [2.75, 3.05) is 0 Å². The van der Waals surface area contributed by atoms with Crippen LogP contribution in [0.5, 0.6) is 0 Å². The van der Waals surface area contributed by atoms with Gasteiger partial charge in [0, 0.05) is 12.8 Å². The average Bonchev–Trinajstić information content (AvgIpc) is 3.49. The molecule has 7 nitrogen and oxygen atoms in total. The van der Waals surface area contributed by atoms with Gasteiger partial charge in [-0.1, -0.05) is 27.7 Å². The van der Waals surface area contributed by atoms with E-state index in [-0.39, 0.29) is 82.9 Å². The van der Waals surface area contributed by atoms with Crippen molar-refractivity contribution in [2.24, 2.45) is 52.3 Å². The van der Waals surface area contributed by atoms with E-state index in [1.807, 2.05) is 13.8 Å². The van der Waals surface area contributed by atoms with Crippen LogP contribution in [0.1, 0.15) is 73.6 Å². The first-order valence-corrected chi connectivity index (χ1v) is 14.3. The number of cyclic esters (lactones) is 1. The molecule has 2 saturated heterocycles. The summed E-state index contributed by atoms with van der Waals surface area (Å²) in [6.07, 6.45) is 5.99. The third-order valence-electron chi connectivity index (χ3n) is 12.3. The summed E-state index contributed by atoms with van der Waals surface area (Å²) in [6, 6.07) is 0. The Morgan fingerprint density at radius 2 is 1.89 bits per heavy atom. The number of carbonyl (C=O) groups is 3. The number of carbonyl (C=O) groups excluding carboxylic acids is 3. The van der Waals surface area contributed by atoms with Gasteiger partial charge < -0.3 is 19.3 Å². The molecule has 5 fully saturated rings. The molecule has 3 saturated carbocycles. The van der Waals surface area contributed by atoms with Crippen LogP contribution in [-0.2, 0) is 28.6 Å². The number of allylic oxidation sites excluding steroid dienone is 1. The first-order chi connectivity index (χ1) is 17.4. The summed E-state index contributed by atoms with van der Waals surface area (Å²) < 4.78 is 18.3. The summed E-state index contributed by atoms with van der Waals surface area (Å²) >= 11 is 0. The lowest BCUT2D eigenvalue weighted by atomic mass is 9.44. The van der Waals surface area contributed by atoms with Crippen LogP contribution in [0.2, 0.25) is 0 Å². The summed E-state index contributed by atoms with van der Waals surface area (Å²) in [5, 5.41) is 10.9. The second-order valence-corrected chi connectivity index (χ2v) is 13.7. The van der Waals surface area contributed by atoms with Crippen molar-refractivity contribution in [3.63, 3.8) is 0 Å². The highest BCUT2D eigenvalue weighted by Crippen LogP contribution is 2.73. The SMILES string of the molecule is CC(=O)O[C@@H]1C[C@H]2[C@@H]3C[C@H]4O[C@]45[C@@H](O)C=CC(=O)[C@]5(C)[C@H]3CC[C@]2(C)[C@H]1[C@H](C)[C@H]1C[C@H](C)[C@@H](C)C(=O)O1. The van der Waals surface area contributed by atoms with E-state index in [4.69, 9.17) is 14.2 Å². The second kappa shape index (κ2) is 8.14. The second-order valence-electron chi connectivity index (χ2n) is 13.7. The van der Waals surface area contributed by atoms with Crippen molar-refractivity contribution in [1.29, 1.82) is 0 Å². The molecule has 0 amide bonds. The zero-order chi connectivity index (χ0) is 26.7. The smallest absolute Gasteiger partial charge is 0.309 e. The predicted molar refractivity (Wildman–Crippen MR) is 134 cm³/mol. The van der Waals surface area contributed by atoms with Gasteiger partial charge in [0.05, 0.1) is 17.4 Å². The van der Waals surface area contributed by atoms with Crippen LogP contribution in [-0.4, -0.2) is 52.8 Å². The quantitative estimate of drug-likeness (QED) is 0.451. The van der Waals surface area contributed by atoms with E-state index in [0.29, 0.717) is 0 Å². The van der Waals surface area contributed by atoms with E-state index in [0.717, 1.165) is 32.1 Å². The van der Waals surface area contributed by atoms with Gasteiger partial charge in [0.25, 0.3) is 0 Å². The van der Waals surface area contributed by atoms with Gasteiger partial charge in [-0.15, -0.1) is 0 Å². The Kier molecular flexibility index (Phi) is 5.62. The molecule has 0 unspecified atom stereocenters. The van der Waals surface area contributed by atoms with Gasteiger partial charge in [0.1, 0.15) is 23.9 Å². The summed E-state index contributed by atoms with van der Waals surface area (Å²) in [5.41, 5.74) is -1.66. The molecular weight excluding hydrogens is 472 g/mol. The van der Waals surface area contributed by atoms with Crippen LogP contribution < -0.4 is 0 Å². The molecular formula is C30H42O7. The zero-order valence-electron chi connectivity index (χ0n) is 22.9. The van der Waals surface area contributed by atoms with Gasteiger partial charge in [0.15, 0.2) is 5.78 Å². The van der Waals surface area contributed by atoms with Crippen molar-refractivity contribution >= 4 is 17.7 Å². The highest BCUT2D eigenvalue weighted by molar-refractivity contribution is 5.98. The fourth-order valence-electron chi connectivity index (χ4n) is 10.2. The number of aliphatic hydroxyl groups excluding tert-OH is 1. The summed E-state index contributed by atoms with van der Waals surface area (Å²) in [7, 11) is 0. The number of ketones is 1. The average molecular weight is 515 g/mol. The lowest BCUT2D eigenvalue weighted by molar-refractivity contribution is -0.175. The molecule has 0 aromatic carbocycles. The maximum Gasteiger partial charge on any atom is 0.309 e. The highest BCUT2D eigenvalue weighted by atomic mass is 16.6. The normalized spacial score (nSPS) is 54.8. The Hall–Kier alpha value is -1.73. The van der Waals surface area contributed by atoms with Gasteiger partial charge in [-0.3, -0.25) is 14.4 Å². The van der Waals surface area contributed by atoms with Gasteiger partial charge >= 0.3 is 11.9 Å². The van der Waals surface area contributed by atoms with Gasteiger partial charge in [-0.2, -0.15) is 0 Å². The van der Waals surface area contributed by atoms with Crippen molar-refractivity contribution in [2.45, 2.75) is 104 Å². The molecule has 6 rings (SSSR count). The number of rotatable bonds is 3. The number of esters is 2. The van der Waals surface area contributed by atoms with Crippen molar-refractivity contribution in [3.8, 4) is 0 Å². The topological polar surface area (TPSA) is 102 Å². The Bertz CT molecular complexity index is 1050. The predicted octanol–water partition coefficient (Wildman–Crippen LogP) is 3.86. The molecule has 7 heteroatoms. The van der Waals surface area contributed by atoms with Gasteiger partial charge in [-0.05, 0) is 86.2 Å². The summed E-state index contributed by atoms with van der Waals surface area (Å²) in [4.78, 5) is 38.3. The Morgan fingerprint density at radius 3 is 2.57 bits per heavy atom. The Morgan fingerprint density at radius 1 is 1.16 bits per heavy atom. The number of fused-ring (bicyclic) bond motifs is 4. The molecule has 6 aliphatic rings. The molecule has 2 aliphatic heterocycles. The molecule has 1 spiro atoms. The fourth-order valence-corrected chi connectivity index (χ4v) is 10.2. The molecule has 1 N–H and O–H groups in total. The van der Waals surface area contributed by atoms with E-state index >= 15 is 0 Å². The lowest BCUT2D eigenvalue weighted by Crippen LogP contribution is -2.63. The first kappa shape index (κ1) is 25.5. The molecule has 0 bridgehead atoms. The monoisotopic (exact) mass is 514 g/mol. The molecule has 204 valence electrons. The van der Waals surface area contributed by atoms with Crippen LogP contribution in [0, 0.1) is 52.3 Å². The number of ether oxygens (including phenoxy) is 3. The largest absolute Gasteiger partial charge is 0.462 e. The van der Waals surface area contributed by atoms with Crippen LogP contribution in [0.3, 0.4) is 0 Å². The Balaban J connectivity index is 1.34. The third kappa shape index (κ3) is 3.22. The molecule has 0 aromatic heterocycles. The zero-order valence-corrected chi connectivity index (χ0v) is 22.9. The van der Waals surface area contributed by atoms with Crippen LogP contribution in [0.25, 0.3) is 0 Å². The minimum Gasteiger partial charge on any atom is -0.462 e. The molecule has 0 radical (unpaired) electrons.